The summed E-state index contributed by atoms with van der Waals surface area (Å²) in [6, 6.07) is 13.4. The number of hydrogen-bond donors (Lipinski definition) is 0. The summed E-state index contributed by atoms with van der Waals surface area (Å²) in [6.45, 7) is 1.97. The van der Waals surface area contributed by atoms with E-state index in [9.17, 15) is 4.79 Å². The summed E-state index contributed by atoms with van der Waals surface area (Å²) >= 11 is 0. The molecular formula is C17H14N2O2. The Morgan fingerprint density at radius 1 is 1.19 bits per heavy atom. The molecule has 0 fully saturated rings. The maximum atomic E-state index is 12.9. The molecule has 1 unspecified atom stereocenters. The molecule has 2 aromatic heterocycles. The highest BCUT2D eigenvalue weighted by Gasteiger charge is 2.27. The van der Waals surface area contributed by atoms with Crippen LogP contribution in [0, 0.1) is 0 Å². The highest BCUT2D eigenvalue weighted by atomic mass is 16.5. The minimum atomic E-state index is -0.0129. The summed E-state index contributed by atoms with van der Waals surface area (Å²) in [4.78, 5) is 17.3. The van der Waals surface area contributed by atoms with Crippen LogP contribution in [0.5, 0.6) is 5.75 Å². The zero-order valence-electron chi connectivity index (χ0n) is 11.6. The van der Waals surface area contributed by atoms with Gasteiger partial charge in [0.1, 0.15) is 11.6 Å². The van der Waals surface area contributed by atoms with Crippen molar-refractivity contribution in [2.45, 2.75) is 19.4 Å². The van der Waals surface area contributed by atoms with Gasteiger partial charge in [-0.15, -0.1) is 0 Å². The maximum Gasteiger partial charge on any atom is 0.262 e. The molecule has 104 valence electrons. The number of benzene rings is 1. The molecule has 0 saturated carbocycles. The van der Waals surface area contributed by atoms with Gasteiger partial charge in [-0.1, -0.05) is 18.2 Å². The van der Waals surface area contributed by atoms with E-state index in [1.165, 1.54) is 0 Å². The van der Waals surface area contributed by atoms with Gasteiger partial charge < -0.3 is 4.74 Å². The van der Waals surface area contributed by atoms with Crippen LogP contribution in [-0.2, 0) is 6.42 Å². The molecule has 0 N–H and O–H groups in total. The minimum Gasteiger partial charge on any atom is -0.488 e. The highest BCUT2D eigenvalue weighted by Crippen LogP contribution is 2.33. The van der Waals surface area contributed by atoms with Crippen LogP contribution in [0.4, 0.5) is 0 Å². The molecule has 3 aromatic rings. The Kier molecular flexibility index (Phi) is 2.57. The Morgan fingerprint density at radius 2 is 2.00 bits per heavy atom. The van der Waals surface area contributed by atoms with Gasteiger partial charge in [0.2, 0.25) is 0 Å². The number of nitrogens with zero attached hydrogens (tertiary/aromatic N) is 2. The Labute approximate surface area is 121 Å². The van der Waals surface area contributed by atoms with Crippen molar-refractivity contribution in [1.29, 1.82) is 0 Å². The van der Waals surface area contributed by atoms with Crippen molar-refractivity contribution in [2.75, 3.05) is 0 Å². The first-order valence-electron chi connectivity index (χ1n) is 7.00. The fourth-order valence-electron chi connectivity index (χ4n) is 2.91. The average Bonchev–Trinajstić information content (AvgIpc) is 2.91. The molecule has 21 heavy (non-hydrogen) atoms. The fraction of sp³-hybridized carbons (Fsp3) is 0.176. The molecule has 1 aliphatic rings. The summed E-state index contributed by atoms with van der Waals surface area (Å²) in [5, 5.41) is 0. The number of aromatic nitrogens is 2. The van der Waals surface area contributed by atoms with Gasteiger partial charge >= 0.3 is 0 Å². The molecule has 0 aliphatic carbocycles. The standard InChI is InChI=1S/C17H14N2O2/c1-11-10-13-16(21-11)15-14(8-5-9-18-15)19(17(13)20)12-6-3-2-4-7-12/h2-9,11H,10H2,1H3. The van der Waals surface area contributed by atoms with Gasteiger partial charge in [0.05, 0.1) is 11.1 Å². The Morgan fingerprint density at radius 3 is 2.81 bits per heavy atom. The third-order valence-corrected chi connectivity index (χ3v) is 3.80. The monoisotopic (exact) mass is 278 g/mol. The van der Waals surface area contributed by atoms with E-state index in [0.29, 0.717) is 12.2 Å². The number of pyridine rings is 2. The van der Waals surface area contributed by atoms with Crippen LogP contribution in [0.2, 0.25) is 0 Å². The number of hydrogen-bond acceptors (Lipinski definition) is 3. The van der Waals surface area contributed by atoms with E-state index in [1.807, 2.05) is 49.4 Å². The molecule has 1 aromatic carbocycles. The van der Waals surface area contributed by atoms with E-state index >= 15 is 0 Å². The van der Waals surface area contributed by atoms with Crippen molar-refractivity contribution in [2.24, 2.45) is 0 Å². The van der Waals surface area contributed by atoms with E-state index in [1.54, 1.807) is 10.8 Å². The molecule has 0 amide bonds. The molecule has 4 nitrogen and oxygen atoms in total. The lowest BCUT2D eigenvalue weighted by Crippen LogP contribution is -2.22. The van der Waals surface area contributed by atoms with E-state index in [4.69, 9.17) is 4.74 Å². The quantitative estimate of drug-likeness (QED) is 0.687. The van der Waals surface area contributed by atoms with Crippen LogP contribution < -0.4 is 10.3 Å². The van der Waals surface area contributed by atoms with Crippen LogP contribution in [0.15, 0.2) is 53.5 Å². The summed E-state index contributed by atoms with van der Waals surface area (Å²) in [6.07, 6.45) is 2.38. The van der Waals surface area contributed by atoms with Gasteiger partial charge in [-0.25, -0.2) is 0 Å². The van der Waals surface area contributed by atoms with Crippen molar-refractivity contribution < 1.29 is 4.74 Å². The van der Waals surface area contributed by atoms with Crippen LogP contribution in [0.3, 0.4) is 0 Å². The number of rotatable bonds is 1. The summed E-state index contributed by atoms with van der Waals surface area (Å²) in [5.41, 5.74) is 3.09. The fourth-order valence-corrected chi connectivity index (χ4v) is 2.91. The van der Waals surface area contributed by atoms with E-state index < -0.39 is 0 Å². The van der Waals surface area contributed by atoms with Gasteiger partial charge in [-0.2, -0.15) is 0 Å². The van der Waals surface area contributed by atoms with E-state index in [2.05, 4.69) is 4.98 Å². The highest BCUT2D eigenvalue weighted by molar-refractivity contribution is 5.84. The average molecular weight is 278 g/mol. The third-order valence-electron chi connectivity index (χ3n) is 3.80. The second kappa shape index (κ2) is 4.45. The second-order valence-corrected chi connectivity index (χ2v) is 5.29. The molecule has 0 spiro atoms. The van der Waals surface area contributed by atoms with Gasteiger partial charge in [-0.3, -0.25) is 14.3 Å². The van der Waals surface area contributed by atoms with Crippen molar-refractivity contribution in [1.82, 2.24) is 9.55 Å². The predicted octanol–water partition coefficient (Wildman–Crippen LogP) is 2.71. The molecule has 0 radical (unpaired) electrons. The number of para-hydroxylation sites is 1. The lowest BCUT2D eigenvalue weighted by molar-refractivity contribution is 0.257. The molecule has 3 heterocycles. The van der Waals surface area contributed by atoms with Gasteiger partial charge in [0, 0.05) is 18.3 Å². The second-order valence-electron chi connectivity index (χ2n) is 5.29. The lowest BCUT2D eigenvalue weighted by Gasteiger charge is -2.12. The summed E-state index contributed by atoms with van der Waals surface area (Å²) in [7, 11) is 0. The number of fused-ring (bicyclic) bond motifs is 3. The van der Waals surface area contributed by atoms with Gasteiger partial charge in [0.15, 0.2) is 5.75 Å². The first kappa shape index (κ1) is 12.1. The maximum absolute atomic E-state index is 12.9. The van der Waals surface area contributed by atoms with Crippen LogP contribution in [-0.4, -0.2) is 15.7 Å². The van der Waals surface area contributed by atoms with Crippen molar-refractivity contribution in [3.63, 3.8) is 0 Å². The Balaban J connectivity index is 2.15. The molecule has 4 rings (SSSR count). The van der Waals surface area contributed by atoms with Crippen molar-refractivity contribution >= 4 is 11.0 Å². The lowest BCUT2D eigenvalue weighted by atomic mass is 10.1. The summed E-state index contributed by atoms with van der Waals surface area (Å²) < 4.78 is 7.54. The Bertz CT molecular complexity index is 884. The van der Waals surface area contributed by atoms with E-state index in [-0.39, 0.29) is 11.7 Å². The molecule has 4 heteroatoms. The number of ether oxygens (including phenoxy) is 1. The molecule has 0 bridgehead atoms. The van der Waals surface area contributed by atoms with Gasteiger partial charge in [0.25, 0.3) is 5.56 Å². The first-order chi connectivity index (χ1) is 10.3. The zero-order valence-corrected chi connectivity index (χ0v) is 11.6. The topological polar surface area (TPSA) is 44.1 Å². The van der Waals surface area contributed by atoms with Crippen molar-refractivity contribution in [3.05, 3.63) is 64.6 Å². The zero-order chi connectivity index (χ0) is 14.4. The largest absolute Gasteiger partial charge is 0.488 e. The molecule has 1 aliphatic heterocycles. The first-order valence-corrected chi connectivity index (χ1v) is 7.00. The van der Waals surface area contributed by atoms with E-state index in [0.717, 1.165) is 22.3 Å². The molecule has 1 atom stereocenters. The predicted molar refractivity (Wildman–Crippen MR) is 81.1 cm³/mol. The van der Waals surface area contributed by atoms with Crippen LogP contribution >= 0.6 is 0 Å². The molecule has 0 saturated heterocycles. The Hall–Kier alpha value is -2.62. The third kappa shape index (κ3) is 1.76. The van der Waals surface area contributed by atoms with Crippen molar-refractivity contribution in [3.8, 4) is 11.4 Å². The smallest absolute Gasteiger partial charge is 0.262 e. The molecular weight excluding hydrogens is 264 g/mol. The van der Waals surface area contributed by atoms with Crippen LogP contribution in [0.25, 0.3) is 16.7 Å². The van der Waals surface area contributed by atoms with Gasteiger partial charge in [-0.05, 0) is 31.2 Å². The summed E-state index contributed by atoms with van der Waals surface area (Å²) in [5.74, 6) is 0.648. The minimum absolute atomic E-state index is 0.0129. The normalized spacial score (nSPS) is 16.7. The van der Waals surface area contributed by atoms with Crippen LogP contribution in [0.1, 0.15) is 12.5 Å². The SMILES string of the molecule is CC1Cc2c(c3ncccc3n(-c3ccccc3)c2=O)O1.